The molecule has 0 saturated carbocycles. The normalized spacial score (nSPS) is 12.4. The largest absolute Gasteiger partial charge is 0.444 e. The van der Waals surface area contributed by atoms with Crippen molar-refractivity contribution >= 4 is 5.91 Å². The minimum atomic E-state index is -0.293. The van der Waals surface area contributed by atoms with E-state index < -0.39 is 0 Å². The van der Waals surface area contributed by atoms with E-state index in [0.29, 0.717) is 25.6 Å². The molecule has 0 aliphatic heterocycles. The van der Waals surface area contributed by atoms with Crippen molar-refractivity contribution in [2.45, 2.75) is 32.9 Å². The summed E-state index contributed by atoms with van der Waals surface area (Å²) in [5.74, 6) is 1.39. The first kappa shape index (κ1) is 14.7. The number of hydrogen-bond donors (Lipinski definition) is 2. The molecule has 1 heterocycles. The first-order valence-electron chi connectivity index (χ1n) is 6.11. The molecule has 6 nitrogen and oxygen atoms in total. The number of methoxy groups -OCH3 is 1. The highest BCUT2D eigenvalue weighted by molar-refractivity contribution is 5.81. The minimum Gasteiger partial charge on any atom is -0.444 e. The molecule has 0 aliphatic carbocycles. The molecule has 6 heteroatoms. The van der Waals surface area contributed by atoms with E-state index in [9.17, 15) is 4.79 Å². The van der Waals surface area contributed by atoms with Crippen molar-refractivity contribution in [2.24, 2.45) is 0 Å². The van der Waals surface area contributed by atoms with Crippen molar-refractivity contribution in [2.75, 3.05) is 20.3 Å². The molecule has 1 amide bonds. The van der Waals surface area contributed by atoms with Crippen LogP contribution >= 0.6 is 0 Å². The average molecular weight is 255 g/mol. The van der Waals surface area contributed by atoms with Gasteiger partial charge in [0.2, 0.25) is 11.8 Å². The summed E-state index contributed by atoms with van der Waals surface area (Å²) < 4.78 is 10.3. The topological polar surface area (TPSA) is 76.4 Å². The van der Waals surface area contributed by atoms with Crippen LogP contribution in [-0.4, -0.2) is 37.2 Å². The zero-order valence-electron chi connectivity index (χ0n) is 11.2. The lowest BCUT2D eigenvalue weighted by atomic mass is 10.3. The van der Waals surface area contributed by atoms with E-state index in [-0.39, 0.29) is 11.9 Å². The molecule has 1 aromatic rings. The van der Waals surface area contributed by atoms with Crippen molar-refractivity contribution < 1.29 is 13.9 Å². The third-order valence-electron chi connectivity index (χ3n) is 2.51. The lowest BCUT2D eigenvalue weighted by molar-refractivity contribution is -0.123. The van der Waals surface area contributed by atoms with Gasteiger partial charge in [-0.2, -0.15) is 0 Å². The van der Waals surface area contributed by atoms with Gasteiger partial charge in [-0.3, -0.25) is 10.1 Å². The van der Waals surface area contributed by atoms with Gasteiger partial charge in [0.15, 0.2) is 0 Å². The summed E-state index contributed by atoms with van der Waals surface area (Å²) >= 11 is 0. The molecule has 1 unspecified atom stereocenters. The van der Waals surface area contributed by atoms with Crippen LogP contribution in [0, 0.1) is 0 Å². The Labute approximate surface area is 107 Å². The maximum absolute atomic E-state index is 11.6. The van der Waals surface area contributed by atoms with Crippen LogP contribution in [-0.2, 0) is 22.5 Å². The van der Waals surface area contributed by atoms with Gasteiger partial charge in [0.25, 0.3) is 0 Å². The number of hydrogen-bond acceptors (Lipinski definition) is 5. The highest BCUT2D eigenvalue weighted by atomic mass is 16.5. The SMILES string of the molecule is CCc1cnc(CNC(C)C(=O)NCCOC)o1. The van der Waals surface area contributed by atoms with Crippen LogP contribution in [0.4, 0.5) is 0 Å². The number of rotatable bonds is 8. The molecule has 0 fully saturated rings. The second kappa shape index (κ2) is 7.84. The van der Waals surface area contributed by atoms with Crippen LogP contribution in [0.3, 0.4) is 0 Å². The molecule has 0 radical (unpaired) electrons. The third-order valence-corrected chi connectivity index (χ3v) is 2.51. The van der Waals surface area contributed by atoms with Crippen molar-refractivity contribution in [3.8, 4) is 0 Å². The van der Waals surface area contributed by atoms with Crippen molar-refractivity contribution in [1.29, 1.82) is 0 Å². The van der Waals surface area contributed by atoms with E-state index in [4.69, 9.17) is 9.15 Å². The molecular formula is C12H21N3O3. The van der Waals surface area contributed by atoms with Gasteiger partial charge in [-0.05, 0) is 6.92 Å². The first-order chi connectivity index (χ1) is 8.67. The number of ether oxygens (including phenoxy) is 1. The van der Waals surface area contributed by atoms with Gasteiger partial charge in [0.1, 0.15) is 5.76 Å². The van der Waals surface area contributed by atoms with Crippen LogP contribution in [0.5, 0.6) is 0 Å². The lowest BCUT2D eigenvalue weighted by Crippen LogP contribution is -2.42. The zero-order valence-corrected chi connectivity index (χ0v) is 11.2. The summed E-state index contributed by atoms with van der Waals surface area (Å²) in [6.45, 7) is 5.27. The standard InChI is InChI=1S/C12H21N3O3/c1-4-10-7-15-11(18-10)8-14-9(2)12(16)13-5-6-17-3/h7,9,14H,4-6,8H2,1-3H3,(H,13,16). The number of amides is 1. The predicted octanol–water partition coefficient (Wildman–Crippen LogP) is 0.478. The molecule has 0 aromatic carbocycles. The number of aromatic nitrogens is 1. The van der Waals surface area contributed by atoms with Gasteiger partial charge in [0, 0.05) is 20.1 Å². The monoisotopic (exact) mass is 255 g/mol. The number of carbonyl (C=O) groups excluding carboxylic acids is 1. The summed E-state index contributed by atoms with van der Waals surface area (Å²) in [4.78, 5) is 15.7. The highest BCUT2D eigenvalue weighted by Crippen LogP contribution is 2.03. The Morgan fingerprint density at radius 1 is 1.61 bits per heavy atom. The fourth-order valence-electron chi connectivity index (χ4n) is 1.36. The first-order valence-corrected chi connectivity index (χ1v) is 6.11. The van der Waals surface area contributed by atoms with E-state index in [0.717, 1.165) is 12.2 Å². The lowest BCUT2D eigenvalue weighted by Gasteiger charge is -2.12. The summed E-state index contributed by atoms with van der Waals surface area (Å²) in [6, 6.07) is -0.293. The summed E-state index contributed by atoms with van der Waals surface area (Å²) in [5, 5.41) is 5.81. The maximum atomic E-state index is 11.6. The summed E-state index contributed by atoms with van der Waals surface area (Å²) in [6.07, 6.45) is 2.53. The van der Waals surface area contributed by atoms with Gasteiger partial charge < -0.3 is 14.5 Å². The molecule has 102 valence electrons. The predicted molar refractivity (Wildman–Crippen MR) is 67.1 cm³/mol. The van der Waals surface area contributed by atoms with Crippen molar-refractivity contribution in [1.82, 2.24) is 15.6 Å². The molecule has 0 aliphatic rings. The van der Waals surface area contributed by atoms with Crippen LogP contribution in [0.15, 0.2) is 10.6 Å². The molecule has 2 N–H and O–H groups in total. The summed E-state index contributed by atoms with van der Waals surface area (Å²) in [7, 11) is 1.60. The molecule has 18 heavy (non-hydrogen) atoms. The maximum Gasteiger partial charge on any atom is 0.236 e. The molecule has 0 bridgehead atoms. The molecule has 1 atom stereocenters. The van der Waals surface area contributed by atoms with Crippen molar-refractivity contribution in [3.63, 3.8) is 0 Å². The minimum absolute atomic E-state index is 0.0608. The van der Waals surface area contributed by atoms with Crippen LogP contribution in [0.1, 0.15) is 25.5 Å². The van der Waals surface area contributed by atoms with Crippen molar-refractivity contribution in [3.05, 3.63) is 17.8 Å². The van der Waals surface area contributed by atoms with Gasteiger partial charge in [-0.1, -0.05) is 6.92 Å². The van der Waals surface area contributed by atoms with Gasteiger partial charge in [-0.25, -0.2) is 4.98 Å². The second-order valence-electron chi connectivity index (χ2n) is 3.96. The Morgan fingerprint density at radius 2 is 2.39 bits per heavy atom. The van der Waals surface area contributed by atoms with E-state index in [1.807, 2.05) is 6.92 Å². The third kappa shape index (κ3) is 4.85. The highest BCUT2D eigenvalue weighted by Gasteiger charge is 2.12. The average Bonchev–Trinajstić information content (AvgIpc) is 2.84. The Kier molecular flexibility index (Phi) is 6.38. The Bertz CT molecular complexity index is 365. The Balaban J connectivity index is 2.27. The number of carbonyl (C=O) groups is 1. The fourth-order valence-corrected chi connectivity index (χ4v) is 1.36. The fraction of sp³-hybridized carbons (Fsp3) is 0.667. The molecule has 1 aromatic heterocycles. The number of nitrogens with zero attached hydrogens (tertiary/aromatic N) is 1. The zero-order chi connectivity index (χ0) is 13.4. The smallest absolute Gasteiger partial charge is 0.236 e. The van der Waals surface area contributed by atoms with E-state index in [2.05, 4.69) is 15.6 Å². The Hall–Kier alpha value is -1.40. The van der Waals surface area contributed by atoms with E-state index >= 15 is 0 Å². The molecule has 1 rings (SSSR count). The quantitative estimate of drug-likeness (QED) is 0.661. The van der Waals surface area contributed by atoms with Gasteiger partial charge in [0.05, 0.1) is 25.4 Å². The second-order valence-corrected chi connectivity index (χ2v) is 3.96. The molecule has 0 saturated heterocycles. The van der Waals surface area contributed by atoms with Gasteiger partial charge in [-0.15, -0.1) is 0 Å². The number of nitrogens with one attached hydrogen (secondary N) is 2. The number of oxazole rings is 1. The van der Waals surface area contributed by atoms with Crippen LogP contribution in [0.25, 0.3) is 0 Å². The van der Waals surface area contributed by atoms with E-state index in [1.165, 1.54) is 0 Å². The van der Waals surface area contributed by atoms with Crippen LogP contribution < -0.4 is 10.6 Å². The Morgan fingerprint density at radius 3 is 3.00 bits per heavy atom. The van der Waals surface area contributed by atoms with Gasteiger partial charge >= 0.3 is 0 Å². The van der Waals surface area contributed by atoms with E-state index in [1.54, 1.807) is 20.2 Å². The number of aryl methyl sites for hydroxylation is 1. The molecular weight excluding hydrogens is 234 g/mol. The van der Waals surface area contributed by atoms with Crippen LogP contribution in [0.2, 0.25) is 0 Å². The molecule has 0 spiro atoms. The summed E-state index contributed by atoms with van der Waals surface area (Å²) in [5.41, 5.74) is 0.